The lowest BCUT2D eigenvalue weighted by molar-refractivity contribution is -0.268. The number of ether oxygens (including phenoxy) is 7. The van der Waals surface area contributed by atoms with Gasteiger partial charge in [0.2, 0.25) is 0 Å². The summed E-state index contributed by atoms with van der Waals surface area (Å²) in [4.78, 5) is 16.9. The van der Waals surface area contributed by atoms with E-state index >= 15 is 4.79 Å². The average Bonchev–Trinajstić information content (AvgIpc) is 1.29. The maximum Gasteiger partial charge on any atom is 0.193 e. The zero-order chi connectivity index (χ0) is 75.8. The quantitative estimate of drug-likeness (QED) is 0.0335. The standard InChI is InChI=1S/C79H139IO15SSi5/c1-30-54-31-34-60(96(82)83)48-61(54)70(64-36-37-65-71(90-64)73(94-100(26,27)78(14,15)16)74(95-101(28,29)79(17,18)19)72(91-65)66(39-40-80)93-99(24,25)77(11,12)13)62(81)46-55-45-58(47-59(92-98(22,23)76(8,9)10)50-86-97(20,21)75(5,6)7)89-68(55)49-67-53(4)51(2)43-56(88-67)32-35-63-52(3)44-57(87-63)33-38-69-84-41-42-85-69/h31,34,39-40,48,55-59,63-74,96H,2-4,30,32-33,35-38,41-47,49-50H2,1,5-29H3/b40-39+/t55-,56-,57-,58-,59-,63-,64+,65-,66?,67+,68-,70?,71?,72?,73?,74?/m0/s1. The molecule has 0 aliphatic carbocycles. The number of halogens is 1. The van der Waals surface area contributed by atoms with Crippen LogP contribution in [-0.2, 0) is 77.2 Å². The predicted octanol–water partition coefficient (Wildman–Crippen LogP) is 19.6. The lowest BCUT2D eigenvalue weighted by Crippen LogP contribution is -2.69. The second kappa shape index (κ2) is 34.2. The molecule has 6 heterocycles. The molecule has 0 saturated carbocycles. The van der Waals surface area contributed by atoms with E-state index in [1.165, 1.54) is 0 Å². The SMILES string of the molecule is C=C1C[C@H](CC[C@@H]2O[C@@H](CCC3OCCO3)CC2=C)O[C@H](C[C@@H]2O[C@H](C[C@@H](CO[Si](C)(C)C(C)(C)C)O[Si](C)(C)C(C)(C)C)C[C@H]2CC(=O)C(c2cc([SH](=O)=O)ccc2CC)[C@H]2CC[C@@H]3OC(C(/C=C/I)O[Si](C)(C)C(C)(C)C)C(O[Si](C)(C)C(C)(C)C)C(O[Si](C)(C)C(C)(C)C)C3O2)C1=C. The molecule has 0 bridgehead atoms. The predicted molar refractivity (Wildman–Crippen MR) is 432 cm³/mol. The summed E-state index contributed by atoms with van der Waals surface area (Å²) in [5.41, 5.74) is 4.50. The Morgan fingerprint density at radius 3 is 1.77 bits per heavy atom. The molecular weight excluding hydrogens is 1490 g/mol. The van der Waals surface area contributed by atoms with E-state index in [2.05, 4.69) is 225 Å². The Morgan fingerprint density at radius 2 is 1.21 bits per heavy atom. The van der Waals surface area contributed by atoms with Gasteiger partial charge in [0.25, 0.3) is 0 Å². The van der Waals surface area contributed by atoms with Crippen molar-refractivity contribution in [3.8, 4) is 0 Å². The van der Waals surface area contributed by atoms with Gasteiger partial charge in [0.15, 0.2) is 58.6 Å². The lowest BCUT2D eigenvalue weighted by Gasteiger charge is -2.56. The van der Waals surface area contributed by atoms with Gasteiger partial charge in [-0.15, -0.1) is 0 Å². The van der Waals surface area contributed by atoms with Crippen molar-refractivity contribution < 1.29 is 68.5 Å². The van der Waals surface area contributed by atoms with Crippen LogP contribution in [0.2, 0.25) is 90.7 Å². The molecule has 22 heteroatoms. The smallest absolute Gasteiger partial charge is 0.193 e. The molecule has 6 unspecified atom stereocenters. The summed E-state index contributed by atoms with van der Waals surface area (Å²) >= 11 is 2.31. The molecule has 1 aromatic carbocycles. The Labute approximate surface area is 633 Å². The second-order valence-corrected chi connectivity index (χ2v) is 63.8. The number of thiol groups is 1. The van der Waals surface area contributed by atoms with Crippen molar-refractivity contribution in [1.82, 2.24) is 0 Å². The Balaban J connectivity index is 1.30. The Morgan fingerprint density at radius 1 is 0.653 bits per heavy atom. The number of aryl methyl sites for hydroxylation is 1. The number of carbonyl (C=O) groups is 1. The van der Waals surface area contributed by atoms with Crippen molar-refractivity contribution in [3.05, 3.63) is 75.9 Å². The van der Waals surface area contributed by atoms with E-state index in [1.54, 1.807) is 12.1 Å². The molecule has 6 saturated heterocycles. The van der Waals surface area contributed by atoms with Crippen LogP contribution in [0.25, 0.3) is 0 Å². The van der Waals surface area contributed by atoms with Gasteiger partial charge in [0.1, 0.15) is 30.2 Å². The number of fused-ring (bicyclic) bond motifs is 1. The molecule has 578 valence electrons. The van der Waals surface area contributed by atoms with Crippen LogP contribution in [0.15, 0.2) is 69.7 Å². The number of carbonyl (C=O) groups excluding carboxylic acids is 1. The first-order valence-electron chi connectivity index (χ1n) is 38.3. The molecule has 6 fully saturated rings. The van der Waals surface area contributed by atoms with Crippen LogP contribution in [0.4, 0.5) is 0 Å². The van der Waals surface area contributed by atoms with E-state index in [9.17, 15) is 8.42 Å². The van der Waals surface area contributed by atoms with Gasteiger partial charge in [0.05, 0.1) is 91.7 Å². The largest absolute Gasteiger partial charge is 0.414 e. The highest BCUT2D eigenvalue weighted by molar-refractivity contribution is 14.1. The van der Waals surface area contributed by atoms with Crippen molar-refractivity contribution in [2.24, 2.45) is 5.92 Å². The maximum atomic E-state index is 16.7. The fourth-order valence-electron chi connectivity index (χ4n) is 14.0. The molecule has 0 radical (unpaired) electrons. The number of benzene rings is 1. The van der Waals surface area contributed by atoms with E-state index in [0.29, 0.717) is 70.3 Å². The van der Waals surface area contributed by atoms with Gasteiger partial charge >= 0.3 is 0 Å². The fraction of sp³-hybridized carbons (Fsp3) is 0.810. The van der Waals surface area contributed by atoms with Gasteiger partial charge < -0.3 is 55.3 Å². The molecule has 0 amide bonds. The number of hydrogen-bond acceptors (Lipinski definition) is 15. The first-order valence-corrected chi connectivity index (χ1v) is 55.2. The maximum absolute atomic E-state index is 16.7. The lowest BCUT2D eigenvalue weighted by atomic mass is 9.77. The molecule has 16 atom stereocenters. The monoisotopic (exact) mass is 1630 g/mol. The van der Waals surface area contributed by atoms with Crippen LogP contribution in [0.5, 0.6) is 0 Å². The minimum atomic E-state index is -3.01. The van der Waals surface area contributed by atoms with Crippen LogP contribution in [0.3, 0.4) is 0 Å². The first-order chi connectivity index (χ1) is 46.3. The molecule has 1 aromatic rings. The third kappa shape index (κ3) is 22.0. The van der Waals surface area contributed by atoms with E-state index in [-0.39, 0.29) is 85.0 Å². The summed E-state index contributed by atoms with van der Waals surface area (Å²) in [7, 11) is -15.3. The molecular formula is C79H139IO15SSi5. The summed E-state index contributed by atoms with van der Waals surface area (Å²) in [6.07, 6.45) is 4.38. The van der Waals surface area contributed by atoms with Gasteiger partial charge in [-0.05, 0) is 205 Å². The minimum absolute atomic E-state index is 0.0140. The molecule has 101 heavy (non-hydrogen) atoms. The van der Waals surface area contributed by atoms with E-state index in [1.807, 2.05) is 10.1 Å². The third-order valence-electron chi connectivity index (χ3n) is 25.5. The van der Waals surface area contributed by atoms with Crippen LogP contribution in [0.1, 0.15) is 205 Å². The summed E-state index contributed by atoms with van der Waals surface area (Å²) in [6, 6.07) is 5.30. The summed E-state index contributed by atoms with van der Waals surface area (Å²) < 4.78 is 114. The fourth-order valence-corrected chi connectivity index (χ4v) is 21.0. The van der Waals surface area contributed by atoms with Crippen molar-refractivity contribution in [1.29, 1.82) is 0 Å². The van der Waals surface area contributed by atoms with Gasteiger partial charge in [0, 0.05) is 25.7 Å². The Kier molecular flexibility index (Phi) is 29.6. The normalized spacial score (nSPS) is 29.3. The van der Waals surface area contributed by atoms with Gasteiger partial charge in [-0.25, -0.2) is 8.42 Å². The van der Waals surface area contributed by atoms with Crippen LogP contribution >= 0.6 is 22.6 Å². The summed E-state index contributed by atoms with van der Waals surface area (Å²) in [5, 5.41) is -0.553. The Bertz CT molecular complexity index is 3080. The molecule has 6 aliphatic rings. The minimum Gasteiger partial charge on any atom is -0.414 e. The van der Waals surface area contributed by atoms with Crippen LogP contribution in [0, 0.1) is 5.92 Å². The van der Waals surface area contributed by atoms with Crippen molar-refractivity contribution in [2.75, 3.05) is 19.8 Å². The number of ketones is 1. The molecule has 0 N–H and O–H groups in total. The summed E-state index contributed by atoms with van der Waals surface area (Å²) in [6.45, 7) is 74.5. The topological polar surface area (TPSA) is 162 Å². The Hall–Kier alpha value is -0.866. The van der Waals surface area contributed by atoms with Crippen molar-refractivity contribution in [3.63, 3.8) is 0 Å². The third-order valence-corrected chi connectivity index (χ3v) is 49.1. The molecule has 0 aromatic heterocycles. The van der Waals surface area contributed by atoms with E-state index < -0.39 is 113 Å². The van der Waals surface area contributed by atoms with Gasteiger partial charge in [-0.2, -0.15) is 0 Å². The number of rotatable bonds is 30. The van der Waals surface area contributed by atoms with Crippen molar-refractivity contribution >= 4 is 80.7 Å². The highest BCUT2D eigenvalue weighted by Crippen LogP contribution is 2.51. The zero-order valence-electron chi connectivity index (χ0n) is 67.6. The van der Waals surface area contributed by atoms with E-state index in [0.717, 1.165) is 54.4 Å². The average molecular weight is 1630 g/mol. The van der Waals surface area contributed by atoms with Gasteiger partial charge in [-0.3, -0.25) is 4.79 Å². The molecule has 0 spiro atoms. The van der Waals surface area contributed by atoms with Gasteiger partial charge in [-0.1, -0.05) is 159 Å². The highest BCUT2D eigenvalue weighted by atomic mass is 127. The molecule has 7 rings (SSSR count). The number of Topliss-reactive ketones (excluding diaryl/α,β-unsaturated/α-hetero) is 1. The van der Waals surface area contributed by atoms with E-state index in [4.69, 9.17) is 55.3 Å². The second-order valence-electron chi connectivity index (χ2n) is 38.2. The van der Waals surface area contributed by atoms with Crippen molar-refractivity contribution in [2.45, 2.75) is 387 Å². The highest BCUT2D eigenvalue weighted by Gasteiger charge is 2.59. The summed E-state index contributed by atoms with van der Waals surface area (Å²) in [5.74, 6) is -1.17. The molecule has 6 aliphatic heterocycles. The first kappa shape index (κ1) is 87.4. The van der Waals surface area contributed by atoms with Crippen LogP contribution < -0.4 is 0 Å². The number of hydrogen-bond donors (Lipinski definition) is 1. The zero-order valence-corrected chi connectivity index (χ0v) is 75.6. The van der Waals surface area contributed by atoms with Crippen LogP contribution in [-0.4, -0.2) is 167 Å². The molecule has 15 nitrogen and oxygen atoms in total.